The molecule has 0 bridgehead atoms. The van der Waals surface area contributed by atoms with Crippen molar-refractivity contribution in [2.45, 2.75) is 12.3 Å². The highest BCUT2D eigenvalue weighted by atomic mass is 32.2. The Hall–Kier alpha value is -1.94. The van der Waals surface area contributed by atoms with E-state index in [1.165, 1.54) is 12.3 Å². The molecule has 1 aliphatic heterocycles. The molecular weight excluding hydrogens is 256 g/mol. The van der Waals surface area contributed by atoms with Gasteiger partial charge in [-0.25, -0.2) is 13.2 Å². The van der Waals surface area contributed by atoms with E-state index in [1.54, 1.807) is 6.07 Å². The van der Waals surface area contributed by atoms with Gasteiger partial charge in [-0.3, -0.25) is 4.98 Å². The number of aromatic nitrogens is 1. The van der Waals surface area contributed by atoms with Gasteiger partial charge >= 0.3 is 5.97 Å². The van der Waals surface area contributed by atoms with Crippen LogP contribution >= 0.6 is 0 Å². The van der Waals surface area contributed by atoms with Gasteiger partial charge in [0.2, 0.25) is 0 Å². The molecule has 0 saturated carbocycles. The molecule has 0 spiro atoms. The zero-order valence-corrected chi connectivity index (χ0v) is 10.1. The fraction of sp³-hybridized carbons (Fsp3) is 0.364. The van der Waals surface area contributed by atoms with E-state index in [-0.39, 0.29) is 28.6 Å². The van der Waals surface area contributed by atoms with Crippen molar-refractivity contribution in [3.63, 3.8) is 0 Å². The van der Waals surface area contributed by atoms with Crippen LogP contribution in [0.3, 0.4) is 0 Å². The Morgan fingerprint density at radius 3 is 2.78 bits per heavy atom. The average Bonchev–Trinajstić information content (AvgIpc) is 2.68. The van der Waals surface area contributed by atoms with Crippen LogP contribution in [0.2, 0.25) is 0 Å². The van der Waals surface area contributed by atoms with E-state index in [1.807, 2.05) is 0 Å². The number of rotatable bonds is 2. The van der Waals surface area contributed by atoms with Crippen molar-refractivity contribution in [3.8, 4) is 6.07 Å². The lowest BCUT2D eigenvalue weighted by atomic mass is 10.0. The smallest absolute Gasteiger partial charge is 0.337 e. The summed E-state index contributed by atoms with van der Waals surface area (Å²) < 4.78 is 22.7. The molecule has 1 fully saturated rings. The maximum absolute atomic E-state index is 11.4. The normalized spacial score (nSPS) is 21.4. The van der Waals surface area contributed by atoms with Gasteiger partial charge in [-0.1, -0.05) is 0 Å². The predicted molar refractivity (Wildman–Crippen MR) is 61.9 cm³/mol. The van der Waals surface area contributed by atoms with Gasteiger partial charge in [-0.05, 0) is 12.5 Å². The van der Waals surface area contributed by atoms with Crippen LogP contribution in [0.4, 0.5) is 0 Å². The number of hydrogen-bond donors (Lipinski definition) is 1. The Bertz CT molecular complexity index is 645. The highest BCUT2D eigenvalue weighted by Gasteiger charge is 2.30. The maximum atomic E-state index is 11.4. The predicted octanol–water partition coefficient (Wildman–Crippen LogP) is 0.554. The van der Waals surface area contributed by atoms with Gasteiger partial charge in [0.1, 0.15) is 6.07 Å². The fourth-order valence-corrected chi connectivity index (χ4v) is 3.75. The number of sulfone groups is 1. The lowest BCUT2D eigenvalue weighted by molar-refractivity contribution is 0.0696. The van der Waals surface area contributed by atoms with Crippen LogP contribution in [0.5, 0.6) is 0 Å². The molecule has 1 aromatic rings. The molecule has 94 valence electrons. The van der Waals surface area contributed by atoms with E-state index in [0.717, 1.165) is 0 Å². The number of hydrogen-bond acceptors (Lipinski definition) is 5. The molecule has 7 heteroatoms. The van der Waals surface area contributed by atoms with Gasteiger partial charge in [0.15, 0.2) is 9.84 Å². The summed E-state index contributed by atoms with van der Waals surface area (Å²) in [5, 5.41) is 17.7. The van der Waals surface area contributed by atoms with Crippen molar-refractivity contribution in [2.24, 2.45) is 0 Å². The van der Waals surface area contributed by atoms with E-state index in [9.17, 15) is 13.2 Å². The summed E-state index contributed by atoms with van der Waals surface area (Å²) in [7, 11) is -3.04. The fourth-order valence-electron chi connectivity index (χ4n) is 1.99. The number of carboxylic acids is 1. The summed E-state index contributed by atoms with van der Waals surface area (Å²) >= 11 is 0. The number of nitrogens with zero attached hydrogens (tertiary/aromatic N) is 2. The van der Waals surface area contributed by atoms with Crippen molar-refractivity contribution in [1.82, 2.24) is 4.98 Å². The summed E-state index contributed by atoms with van der Waals surface area (Å²) in [5.41, 5.74) is 0.270. The summed E-state index contributed by atoms with van der Waals surface area (Å²) in [5.74, 6) is -1.40. The first-order valence-electron chi connectivity index (χ1n) is 5.27. The minimum absolute atomic E-state index is 0.00897. The Morgan fingerprint density at radius 2 is 2.28 bits per heavy atom. The molecule has 2 heterocycles. The SMILES string of the molecule is N#Cc1cnc(C2CCS(=O)(=O)C2)cc1C(=O)O. The Kier molecular flexibility index (Phi) is 3.05. The van der Waals surface area contributed by atoms with Gasteiger partial charge in [-0.15, -0.1) is 0 Å². The Morgan fingerprint density at radius 1 is 1.56 bits per heavy atom. The monoisotopic (exact) mass is 266 g/mol. The van der Waals surface area contributed by atoms with E-state index in [4.69, 9.17) is 10.4 Å². The lowest BCUT2D eigenvalue weighted by Gasteiger charge is -2.08. The molecule has 6 nitrogen and oxygen atoms in total. The first-order valence-corrected chi connectivity index (χ1v) is 7.09. The third-order valence-corrected chi connectivity index (χ3v) is 4.69. The average molecular weight is 266 g/mol. The van der Waals surface area contributed by atoms with Gasteiger partial charge in [-0.2, -0.15) is 5.26 Å². The van der Waals surface area contributed by atoms with Crippen LogP contribution in [0.15, 0.2) is 12.3 Å². The van der Waals surface area contributed by atoms with Crippen LogP contribution in [0.25, 0.3) is 0 Å². The lowest BCUT2D eigenvalue weighted by Crippen LogP contribution is -2.08. The molecule has 1 N–H and O–H groups in total. The first-order chi connectivity index (χ1) is 8.43. The number of aromatic carboxylic acids is 1. The minimum atomic E-state index is -3.04. The molecule has 1 aromatic heterocycles. The van der Waals surface area contributed by atoms with Crippen molar-refractivity contribution in [2.75, 3.05) is 11.5 Å². The molecule has 0 amide bonds. The second kappa shape index (κ2) is 4.38. The molecule has 18 heavy (non-hydrogen) atoms. The zero-order chi connectivity index (χ0) is 13.3. The molecule has 0 aliphatic carbocycles. The van der Waals surface area contributed by atoms with Crippen LogP contribution in [-0.4, -0.2) is 36.0 Å². The second-order valence-corrected chi connectivity index (χ2v) is 6.40. The third kappa shape index (κ3) is 2.33. The van der Waals surface area contributed by atoms with Gasteiger partial charge in [0.05, 0.1) is 22.6 Å². The molecule has 1 atom stereocenters. The number of pyridine rings is 1. The zero-order valence-electron chi connectivity index (χ0n) is 9.33. The van der Waals surface area contributed by atoms with Gasteiger partial charge in [0, 0.05) is 17.8 Å². The molecule has 0 radical (unpaired) electrons. The Labute approximate surface area is 104 Å². The van der Waals surface area contributed by atoms with Crippen LogP contribution in [0, 0.1) is 11.3 Å². The summed E-state index contributed by atoms with van der Waals surface area (Å²) in [4.78, 5) is 15.0. The van der Waals surface area contributed by atoms with Crippen molar-refractivity contribution in [3.05, 3.63) is 29.1 Å². The van der Waals surface area contributed by atoms with E-state index in [2.05, 4.69) is 4.98 Å². The molecular formula is C11H10N2O4S. The first kappa shape index (κ1) is 12.5. The van der Waals surface area contributed by atoms with Crippen molar-refractivity contribution >= 4 is 15.8 Å². The van der Waals surface area contributed by atoms with Crippen LogP contribution in [0.1, 0.15) is 34.0 Å². The van der Waals surface area contributed by atoms with E-state index in [0.29, 0.717) is 12.1 Å². The largest absolute Gasteiger partial charge is 0.478 e. The molecule has 1 saturated heterocycles. The highest BCUT2D eigenvalue weighted by Crippen LogP contribution is 2.28. The molecule has 0 aromatic carbocycles. The van der Waals surface area contributed by atoms with Crippen molar-refractivity contribution in [1.29, 1.82) is 5.26 Å². The minimum Gasteiger partial charge on any atom is -0.478 e. The summed E-state index contributed by atoms with van der Waals surface area (Å²) in [6, 6.07) is 3.05. The third-order valence-electron chi connectivity index (χ3n) is 2.93. The van der Waals surface area contributed by atoms with E-state index < -0.39 is 15.8 Å². The highest BCUT2D eigenvalue weighted by molar-refractivity contribution is 7.91. The molecule has 2 rings (SSSR count). The summed E-state index contributed by atoms with van der Waals surface area (Å²) in [6.45, 7) is 0. The number of carbonyl (C=O) groups is 1. The maximum Gasteiger partial charge on any atom is 0.337 e. The topological polar surface area (TPSA) is 108 Å². The summed E-state index contributed by atoms with van der Waals surface area (Å²) in [6.07, 6.45) is 1.63. The molecule has 1 aliphatic rings. The van der Waals surface area contributed by atoms with Crippen LogP contribution in [-0.2, 0) is 9.84 Å². The second-order valence-electron chi connectivity index (χ2n) is 4.17. The van der Waals surface area contributed by atoms with E-state index >= 15 is 0 Å². The van der Waals surface area contributed by atoms with Gasteiger partial charge in [0.25, 0.3) is 0 Å². The van der Waals surface area contributed by atoms with Crippen LogP contribution < -0.4 is 0 Å². The quantitative estimate of drug-likeness (QED) is 0.837. The van der Waals surface area contributed by atoms with Gasteiger partial charge < -0.3 is 5.11 Å². The molecule has 1 unspecified atom stereocenters. The standard InChI is InChI=1S/C11H10N2O4S/c12-4-8-5-13-10(3-9(8)11(14)15)7-1-2-18(16,17)6-7/h3,5,7H,1-2,6H2,(H,14,15). The Balaban J connectivity index is 2.40. The number of carboxylic acid groups (broad SMARTS) is 1. The number of nitriles is 1. The van der Waals surface area contributed by atoms with Crippen molar-refractivity contribution < 1.29 is 18.3 Å².